The standard InChI is InChI=1S/C40H49N3O11/c1-24-18-31(44)34(43(5)39(48)54-40(2,3)4)27-14-15-32(49-6)28(22-27)29-19-26(20-30(37(46)51-8)42-36(24)45)21-33(35(29)50-7)52-17-16-41-38(47)53-23-25-12-10-9-11-13-25/h9-15,19,21-22,24,30,34H,16-18,20,23H2,1-8H3,(H,41,47)(H,42,45)/t24-,30+,34+/m1/s1. The number of amides is 3. The van der Waals surface area contributed by atoms with E-state index in [4.69, 9.17) is 28.4 Å². The van der Waals surface area contributed by atoms with E-state index < -0.39 is 53.4 Å². The first-order chi connectivity index (χ1) is 25.6. The fraction of sp³-hybridized carbons (Fsp3) is 0.425. The van der Waals surface area contributed by atoms with Crippen molar-refractivity contribution in [3.8, 4) is 28.4 Å². The van der Waals surface area contributed by atoms with Crippen LogP contribution in [0.1, 0.15) is 56.8 Å². The van der Waals surface area contributed by atoms with E-state index in [2.05, 4.69) is 10.6 Å². The van der Waals surface area contributed by atoms with Crippen LogP contribution in [0.2, 0.25) is 0 Å². The number of ether oxygens (including phenoxy) is 6. The number of likely N-dealkylation sites (N-methyl/N-ethyl adjacent to an activating group) is 1. The van der Waals surface area contributed by atoms with Crippen molar-refractivity contribution in [1.82, 2.24) is 15.5 Å². The van der Waals surface area contributed by atoms with Gasteiger partial charge >= 0.3 is 18.2 Å². The third-order valence-electron chi connectivity index (χ3n) is 8.56. The zero-order valence-electron chi connectivity index (χ0n) is 32.0. The Hall–Kier alpha value is -5.79. The van der Waals surface area contributed by atoms with Crippen LogP contribution >= 0.6 is 0 Å². The summed E-state index contributed by atoms with van der Waals surface area (Å²) in [7, 11) is 5.63. The number of benzene rings is 3. The summed E-state index contributed by atoms with van der Waals surface area (Å²) in [4.78, 5) is 67.6. The molecule has 0 unspecified atom stereocenters. The lowest BCUT2D eigenvalue weighted by Crippen LogP contribution is -2.46. The molecule has 0 radical (unpaired) electrons. The lowest BCUT2D eigenvalue weighted by molar-refractivity contribution is -0.145. The van der Waals surface area contributed by atoms with Crippen molar-refractivity contribution in [1.29, 1.82) is 0 Å². The van der Waals surface area contributed by atoms with Gasteiger partial charge in [-0.15, -0.1) is 0 Å². The lowest BCUT2D eigenvalue weighted by Gasteiger charge is -2.31. The largest absolute Gasteiger partial charge is 0.496 e. The third kappa shape index (κ3) is 10.6. The molecular formula is C40H49N3O11. The maximum atomic E-state index is 14.1. The zero-order valence-corrected chi connectivity index (χ0v) is 32.0. The van der Waals surface area contributed by atoms with Gasteiger partial charge < -0.3 is 39.1 Å². The summed E-state index contributed by atoms with van der Waals surface area (Å²) in [5, 5.41) is 5.40. The average Bonchev–Trinajstić information content (AvgIpc) is 3.14. The molecule has 1 aliphatic rings. The van der Waals surface area contributed by atoms with Crippen LogP contribution in [0.15, 0.2) is 60.7 Å². The van der Waals surface area contributed by atoms with Gasteiger partial charge in [0.2, 0.25) is 5.91 Å². The number of hydrogen-bond acceptors (Lipinski definition) is 11. The Morgan fingerprint density at radius 2 is 1.63 bits per heavy atom. The molecule has 0 aromatic heterocycles. The molecule has 2 N–H and O–H groups in total. The second-order valence-electron chi connectivity index (χ2n) is 13.8. The zero-order chi connectivity index (χ0) is 39.6. The van der Waals surface area contributed by atoms with Crippen LogP contribution in [-0.2, 0) is 41.6 Å². The number of fused-ring (bicyclic) bond motifs is 5. The Morgan fingerprint density at radius 1 is 0.907 bits per heavy atom. The summed E-state index contributed by atoms with van der Waals surface area (Å²) in [6.07, 6.45) is -1.63. The van der Waals surface area contributed by atoms with Crippen molar-refractivity contribution in [2.24, 2.45) is 5.92 Å². The molecule has 0 aliphatic carbocycles. The fourth-order valence-corrected chi connectivity index (χ4v) is 5.95. The number of rotatable bonds is 10. The highest BCUT2D eigenvalue weighted by atomic mass is 16.6. The van der Waals surface area contributed by atoms with E-state index >= 15 is 0 Å². The SMILES string of the molecule is COC(=O)[C@@H]1Cc2cc(OCCNC(=O)OCc3ccccc3)c(OC)c(c2)-c2cc(ccc2OC)[C@H](N(C)C(=O)OC(C)(C)C)C(=O)C[C@@H](C)C(=O)N1. The quantitative estimate of drug-likeness (QED) is 0.155. The van der Waals surface area contributed by atoms with E-state index in [1.54, 1.807) is 58.0 Å². The van der Waals surface area contributed by atoms with Crippen LogP contribution in [0.4, 0.5) is 9.59 Å². The predicted octanol–water partition coefficient (Wildman–Crippen LogP) is 5.39. The summed E-state index contributed by atoms with van der Waals surface area (Å²) < 4.78 is 33.8. The van der Waals surface area contributed by atoms with E-state index in [1.807, 2.05) is 30.3 Å². The van der Waals surface area contributed by atoms with E-state index in [1.165, 1.54) is 33.3 Å². The molecule has 54 heavy (non-hydrogen) atoms. The number of ketones is 1. The molecule has 0 saturated heterocycles. The number of carbonyl (C=O) groups is 5. The first kappa shape index (κ1) is 41.0. The van der Waals surface area contributed by atoms with Crippen molar-refractivity contribution in [2.45, 2.75) is 64.8 Å². The molecule has 3 atom stereocenters. The van der Waals surface area contributed by atoms with Gasteiger partial charge in [-0.2, -0.15) is 0 Å². The Balaban J connectivity index is 1.79. The molecule has 1 aliphatic heterocycles. The molecule has 14 heteroatoms. The molecule has 4 bridgehead atoms. The summed E-state index contributed by atoms with van der Waals surface area (Å²) >= 11 is 0. The third-order valence-corrected chi connectivity index (χ3v) is 8.56. The molecule has 0 spiro atoms. The number of Topliss-reactive ketones (excluding diaryl/α,β-unsaturated/α-hetero) is 1. The molecule has 3 amide bonds. The van der Waals surface area contributed by atoms with Crippen molar-refractivity contribution < 1.29 is 52.4 Å². The number of carbonyl (C=O) groups excluding carboxylic acids is 5. The van der Waals surface area contributed by atoms with Gasteiger partial charge in [0.05, 0.1) is 27.9 Å². The highest BCUT2D eigenvalue weighted by Gasteiger charge is 2.35. The number of nitrogens with zero attached hydrogens (tertiary/aromatic N) is 1. The first-order valence-electron chi connectivity index (χ1n) is 17.5. The number of nitrogens with one attached hydrogen (secondary N) is 2. The molecule has 1 heterocycles. The van der Waals surface area contributed by atoms with Crippen LogP contribution < -0.4 is 24.8 Å². The predicted molar refractivity (Wildman–Crippen MR) is 198 cm³/mol. The van der Waals surface area contributed by atoms with Crippen LogP contribution in [-0.4, -0.2) is 87.9 Å². The van der Waals surface area contributed by atoms with E-state index in [9.17, 15) is 24.0 Å². The molecule has 4 rings (SSSR count). The minimum absolute atomic E-state index is 0.00278. The number of alkyl carbamates (subject to hydrolysis) is 1. The molecule has 3 aromatic carbocycles. The molecule has 290 valence electrons. The second kappa shape index (κ2) is 18.3. The van der Waals surface area contributed by atoms with Gasteiger partial charge in [0.15, 0.2) is 17.3 Å². The topological polar surface area (TPSA) is 168 Å². The highest BCUT2D eigenvalue weighted by Crippen LogP contribution is 2.44. The van der Waals surface area contributed by atoms with Gasteiger partial charge in [-0.1, -0.05) is 43.3 Å². The number of methoxy groups -OCH3 is 3. The highest BCUT2D eigenvalue weighted by molar-refractivity contribution is 5.94. The van der Waals surface area contributed by atoms with Gasteiger partial charge in [0.25, 0.3) is 0 Å². The van der Waals surface area contributed by atoms with E-state index in [0.29, 0.717) is 28.0 Å². The van der Waals surface area contributed by atoms with Gasteiger partial charge in [-0.05, 0) is 61.7 Å². The maximum Gasteiger partial charge on any atom is 0.410 e. The Morgan fingerprint density at radius 3 is 2.28 bits per heavy atom. The second-order valence-corrected chi connectivity index (χ2v) is 13.8. The van der Waals surface area contributed by atoms with E-state index in [0.717, 1.165) is 5.56 Å². The van der Waals surface area contributed by atoms with Crippen LogP contribution in [0.3, 0.4) is 0 Å². The van der Waals surface area contributed by atoms with Crippen LogP contribution in [0, 0.1) is 5.92 Å². The molecule has 0 fully saturated rings. The Kier molecular flexibility index (Phi) is 13.9. The fourth-order valence-electron chi connectivity index (χ4n) is 5.95. The van der Waals surface area contributed by atoms with Gasteiger partial charge in [-0.3, -0.25) is 14.5 Å². The maximum absolute atomic E-state index is 14.1. The Bertz CT molecular complexity index is 1820. The monoisotopic (exact) mass is 747 g/mol. The van der Waals surface area contributed by atoms with Crippen LogP contribution in [0.5, 0.6) is 17.2 Å². The summed E-state index contributed by atoms with van der Waals surface area (Å²) in [6, 6.07) is 15.5. The minimum Gasteiger partial charge on any atom is -0.496 e. The lowest BCUT2D eigenvalue weighted by atomic mass is 9.90. The molecular weight excluding hydrogens is 698 g/mol. The van der Waals surface area contributed by atoms with E-state index in [-0.39, 0.29) is 44.1 Å². The normalized spacial score (nSPS) is 17.2. The smallest absolute Gasteiger partial charge is 0.410 e. The average molecular weight is 748 g/mol. The van der Waals surface area contributed by atoms with Crippen molar-refractivity contribution in [3.05, 3.63) is 77.4 Å². The summed E-state index contributed by atoms with van der Waals surface area (Å²) in [6.45, 7) is 6.91. The van der Waals surface area contributed by atoms with Crippen LogP contribution in [0.25, 0.3) is 11.1 Å². The molecule has 3 aromatic rings. The van der Waals surface area contributed by atoms with Gasteiger partial charge in [0, 0.05) is 36.9 Å². The summed E-state index contributed by atoms with van der Waals surface area (Å²) in [5.41, 5.74) is 1.92. The van der Waals surface area contributed by atoms with Gasteiger partial charge in [0.1, 0.15) is 36.6 Å². The Labute approximate surface area is 315 Å². The number of hydrogen-bond donors (Lipinski definition) is 2. The van der Waals surface area contributed by atoms with Crippen molar-refractivity contribution >= 4 is 29.8 Å². The molecule has 14 nitrogen and oxygen atoms in total. The first-order valence-corrected chi connectivity index (χ1v) is 17.5. The molecule has 0 saturated carbocycles. The van der Waals surface area contributed by atoms with Crippen molar-refractivity contribution in [3.63, 3.8) is 0 Å². The number of esters is 1. The van der Waals surface area contributed by atoms with Gasteiger partial charge in [-0.25, -0.2) is 14.4 Å². The summed E-state index contributed by atoms with van der Waals surface area (Å²) in [5.74, 6) is -1.62. The van der Waals surface area contributed by atoms with Crippen molar-refractivity contribution in [2.75, 3.05) is 41.5 Å². The minimum atomic E-state index is -1.17.